The van der Waals surface area contributed by atoms with Gasteiger partial charge in [-0.05, 0) is 48.7 Å². The minimum absolute atomic E-state index is 0.191. The molecule has 2 aliphatic heterocycles. The first-order valence-electron chi connectivity index (χ1n) is 7.90. The Kier molecular flexibility index (Phi) is 3.22. The first kappa shape index (κ1) is 15.2. The van der Waals surface area contributed by atoms with Gasteiger partial charge in [0.1, 0.15) is 5.54 Å². The van der Waals surface area contributed by atoms with Crippen LogP contribution in [0, 0.1) is 6.92 Å². The van der Waals surface area contributed by atoms with Crippen LogP contribution in [0.3, 0.4) is 0 Å². The summed E-state index contributed by atoms with van der Waals surface area (Å²) in [7, 11) is 0. The topological polar surface area (TPSA) is 40.6 Å². The van der Waals surface area contributed by atoms with Crippen LogP contribution in [0.5, 0.6) is 0 Å². The van der Waals surface area contributed by atoms with Crippen molar-refractivity contribution in [3.8, 4) is 0 Å². The van der Waals surface area contributed by atoms with Crippen molar-refractivity contribution < 1.29 is 9.59 Å². The summed E-state index contributed by atoms with van der Waals surface area (Å²) in [5.41, 5.74) is 2.83. The quantitative estimate of drug-likeness (QED) is 0.738. The first-order chi connectivity index (χ1) is 11.4. The average Bonchev–Trinajstić information content (AvgIpc) is 2.71. The lowest BCUT2D eigenvalue weighted by Crippen LogP contribution is -2.51. The third-order valence-corrected chi connectivity index (χ3v) is 5.17. The van der Waals surface area contributed by atoms with Gasteiger partial charge < -0.3 is 4.90 Å². The van der Waals surface area contributed by atoms with Crippen LogP contribution >= 0.6 is 11.6 Å². The molecule has 24 heavy (non-hydrogen) atoms. The van der Waals surface area contributed by atoms with Crippen LogP contribution < -0.4 is 4.90 Å². The van der Waals surface area contributed by atoms with Crippen molar-refractivity contribution >= 4 is 29.2 Å². The minimum atomic E-state index is -0.846. The maximum atomic E-state index is 13.1. The van der Waals surface area contributed by atoms with Gasteiger partial charge >= 0.3 is 6.03 Å². The van der Waals surface area contributed by atoms with Gasteiger partial charge in [0.25, 0.3) is 5.91 Å². The number of amides is 3. The van der Waals surface area contributed by atoms with Crippen molar-refractivity contribution in [2.24, 2.45) is 0 Å². The lowest BCUT2D eigenvalue weighted by molar-refractivity contribution is -0.124. The van der Waals surface area contributed by atoms with E-state index < -0.39 is 5.54 Å². The van der Waals surface area contributed by atoms with E-state index in [4.69, 9.17) is 11.6 Å². The highest BCUT2D eigenvalue weighted by Gasteiger charge is 2.56. The van der Waals surface area contributed by atoms with Crippen molar-refractivity contribution in [1.29, 1.82) is 0 Å². The van der Waals surface area contributed by atoms with Crippen LogP contribution in [0.15, 0.2) is 42.5 Å². The minimum Gasteiger partial charge on any atom is -0.305 e. The van der Waals surface area contributed by atoms with Gasteiger partial charge in [-0.15, -0.1) is 0 Å². The van der Waals surface area contributed by atoms with Crippen LogP contribution in [-0.4, -0.2) is 22.4 Å². The van der Waals surface area contributed by atoms with Crippen molar-refractivity contribution in [1.82, 2.24) is 4.90 Å². The average molecular weight is 341 g/mol. The number of halogens is 1. The Morgan fingerprint density at radius 3 is 2.50 bits per heavy atom. The molecule has 2 heterocycles. The molecule has 4 rings (SSSR count). The number of benzene rings is 2. The number of hydrogen-bond donors (Lipinski definition) is 0. The summed E-state index contributed by atoms with van der Waals surface area (Å²) in [6.45, 7) is 4.19. The fraction of sp³-hybridized carbons (Fsp3) is 0.263. The summed E-state index contributed by atoms with van der Waals surface area (Å²) >= 11 is 6.12. The predicted molar refractivity (Wildman–Crippen MR) is 93.2 cm³/mol. The molecular formula is C19H17ClN2O2. The molecule has 1 saturated heterocycles. The Hall–Kier alpha value is -2.33. The van der Waals surface area contributed by atoms with E-state index in [-0.39, 0.29) is 11.9 Å². The lowest BCUT2D eigenvalue weighted by atomic mass is 9.85. The first-order valence-corrected chi connectivity index (χ1v) is 8.28. The Morgan fingerprint density at radius 2 is 1.79 bits per heavy atom. The Bertz CT molecular complexity index is 859. The van der Waals surface area contributed by atoms with E-state index in [1.807, 2.05) is 44.2 Å². The van der Waals surface area contributed by atoms with Gasteiger partial charge in [0.15, 0.2) is 0 Å². The molecule has 0 aliphatic carbocycles. The van der Waals surface area contributed by atoms with Crippen molar-refractivity contribution in [3.63, 3.8) is 0 Å². The third-order valence-electron chi connectivity index (χ3n) is 4.95. The molecule has 1 unspecified atom stereocenters. The predicted octanol–water partition coefficient (Wildman–Crippen LogP) is 3.93. The highest BCUT2D eigenvalue weighted by atomic mass is 35.5. The number of carbonyl (C=O) groups excluding carboxylic acids is 2. The zero-order valence-electron chi connectivity index (χ0n) is 13.5. The number of anilines is 1. The van der Waals surface area contributed by atoms with Crippen LogP contribution in [0.1, 0.15) is 23.6 Å². The van der Waals surface area contributed by atoms with Gasteiger partial charge in [0.2, 0.25) is 0 Å². The number of nitrogens with zero attached hydrogens (tertiary/aromatic N) is 2. The molecule has 0 spiro atoms. The maximum Gasteiger partial charge on any atom is 0.332 e. The largest absolute Gasteiger partial charge is 0.332 e. The molecule has 1 atom stereocenters. The fourth-order valence-electron chi connectivity index (χ4n) is 3.69. The highest BCUT2D eigenvalue weighted by Crippen LogP contribution is 2.40. The third kappa shape index (κ3) is 2.06. The van der Waals surface area contributed by atoms with Gasteiger partial charge in [0, 0.05) is 18.0 Å². The van der Waals surface area contributed by atoms with Crippen LogP contribution in [0.2, 0.25) is 5.02 Å². The molecule has 3 amide bonds. The molecule has 0 bridgehead atoms. The van der Waals surface area contributed by atoms with Gasteiger partial charge in [-0.25, -0.2) is 9.69 Å². The standard InChI is InChI=1S/C19H17ClN2O2/c1-12-7-15(20)9-16(8-12)22-17(23)19(2)10-13-5-3-4-6-14(13)11-21(19)18(22)24/h3-9H,10-11H2,1-2H3. The van der Waals surface area contributed by atoms with Crippen molar-refractivity contribution in [2.75, 3.05) is 4.90 Å². The number of aryl methyl sites for hydroxylation is 1. The van der Waals surface area contributed by atoms with Crippen LogP contribution in [0.4, 0.5) is 10.5 Å². The van der Waals surface area contributed by atoms with E-state index in [9.17, 15) is 9.59 Å². The van der Waals surface area contributed by atoms with E-state index in [0.717, 1.165) is 16.7 Å². The Balaban J connectivity index is 1.80. The van der Waals surface area contributed by atoms with E-state index in [0.29, 0.717) is 23.7 Å². The molecule has 122 valence electrons. The highest BCUT2D eigenvalue weighted by molar-refractivity contribution is 6.31. The van der Waals surface area contributed by atoms with E-state index in [1.165, 1.54) is 4.90 Å². The van der Waals surface area contributed by atoms with Gasteiger partial charge in [0.05, 0.1) is 5.69 Å². The molecule has 2 aliphatic rings. The van der Waals surface area contributed by atoms with Crippen molar-refractivity contribution in [3.05, 3.63) is 64.2 Å². The molecule has 0 saturated carbocycles. The number of imide groups is 1. The molecule has 0 N–H and O–H groups in total. The second-order valence-corrected chi connectivity index (χ2v) is 7.15. The molecule has 2 aromatic carbocycles. The van der Waals surface area contributed by atoms with Crippen molar-refractivity contribution in [2.45, 2.75) is 32.4 Å². The molecule has 1 fully saturated rings. The summed E-state index contributed by atoms with van der Waals surface area (Å²) in [6.07, 6.45) is 0.532. The number of rotatable bonds is 1. The normalized spacial score (nSPS) is 22.6. The molecule has 5 heteroatoms. The second kappa shape index (κ2) is 5.08. The van der Waals surface area contributed by atoms with E-state index >= 15 is 0 Å². The summed E-state index contributed by atoms with van der Waals surface area (Å²) in [5, 5.41) is 0.518. The maximum absolute atomic E-state index is 13.1. The smallest absolute Gasteiger partial charge is 0.305 e. The van der Waals surface area contributed by atoms with Crippen LogP contribution in [0.25, 0.3) is 0 Å². The molecule has 0 aromatic heterocycles. The Morgan fingerprint density at radius 1 is 1.08 bits per heavy atom. The molecule has 0 radical (unpaired) electrons. The zero-order valence-corrected chi connectivity index (χ0v) is 14.3. The monoisotopic (exact) mass is 340 g/mol. The van der Waals surface area contributed by atoms with E-state index in [1.54, 1.807) is 17.0 Å². The summed E-state index contributed by atoms with van der Waals surface area (Å²) < 4.78 is 0. The van der Waals surface area contributed by atoms with Gasteiger partial charge in [-0.3, -0.25) is 4.79 Å². The molecule has 4 nitrogen and oxygen atoms in total. The number of fused-ring (bicyclic) bond motifs is 2. The van der Waals surface area contributed by atoms with Crippen LogP contribution in [-0.2, 0) is 17.8 Å². The van der Waals surface area contributed by atoms with Gasteiger partial charge in [-0.2, -0.15) is 0 Å². The second-order valence-electron chi connectivity index (χ2n) is 6.72. The van der Waals surface area contributed by atoms with Gasteiger partial charge in [-0.1, -0.05) is 35.9 Å². The summed E-state index contributed by atoms with van der Waals surface area (Å²) in [5.74, 6) is -0.191. The Labute approximate surface area is 145 Å². The SMILES string of the molecule is Cc1cc(Cl)cc(N2C(=O)N3Cc4ccccc4CC3(C)C2=O)c1. The number of urea groups is 1. The van der Waals surface area contributed by atoms with E-state index in [2.05, 4.69) is 0 Å². The molecule has 2 aromatic rings. The zero-order chi connectivity index (χ0) is 17.1. The lowest BCUT2D eigenvalue weighted by Gasteiger charge is -2.37. The summed E-state index contributed by atoms with van der Waals surface area (Å²) in [4.78, 5) is 29.0. The number of hydrogen-bond acceptors (Lipinski definition) is 2. The summed E-state index contributed by atoms with van der Waals surface area (Å²) in [6, 6.07) is 13.0. The number of carbonyl (C=O) groups is 2. The molecular weight excluding hydrogens is 324 g/mol. The fourth-order valence-corrected chi connectivity index (χ4v) is 3.97.